The van der Waals surface area contributed by atoms with E-state index in [1.165, 1.54) is 0 Å². The van der Waals surface area contributed by atoms with Crippen molar-refractivity contribution >= 4 is 0 Å². The lowest BCUT2D eigenvalue weighted by molar-refractivity contribution is -0.339. The second-order valence-electron chi connectivity index (χ2n) is 5.75. The van der Waals surface area contributed by atoms with Gasteiger partial charge in [-0.2, -0.15) is 0 Å². The van der Waals surface area contributed by atoms with Crippen LogP contribution in [0.15, 0.2) is 0 Å². The first-order valence-electron chi connectivity index (χ1n) is 7.07. The van der Waals surface area contributed by atoms with Crippen molar-refractivity contribution in [2.24, 2.45) is 0 Å². The summed E-state index contributed by atoms with van der Waals surface area (Å²) < 4.78 is 10.2. The molecule has 2 aliphatic rings. The lowest BCUT2D eigenvalue weighted by Gasteiger charge is -2.45. The zero-order chi connectivity index (χ0) is 17.5. The molecular formula is C12H22O11. The predicted octanol–water partition coefficient (Wildman–Crippen LogP) is -6.01. The quantitative estimate of drug-likeness (QED) is 0.236. The molecule has 23 heavy (non-hydrogen) atoms. The largest absolute Gasteiger partial charge is 0.394 e. The first-order chi connectivity index (χ1) is 10.7. The molecule has 1 saturated carbocycles. The smallest absolute Gasteiger partial charge is 0.187 e. The fraction of sp³-hybridized carbons (Fsp3) is 1.00. The summed E-state index contributed by atoms with van der Waals surface area (Å²) in [5.41, 5.74) is 0. The van der Waals surface area contributed by atoms with Crippen LogP contribution in [0.1, 0.15) is 0 Å². The van der Waals surface area contributed by atoms with Gasteiger partial charge < -0.3 is 55.4 Å². The molecule has 0 aromatic rings. The van der Waals surface area contributed by atoms with Gasteiger partial charge in [-0.25, -0.2) is 0 Å². The van der Waals surface area contributed by atoms with Gasteiger partial charge in [-0.05, 0) is 0 Å². The molecule has 0 radical (unpaired) electrons. The van der Waals surface area contributed by atoms with E-state index in [2.05, 4.69) is 0 Å². The van der Waals surface area contributed by atoms with Gasteiger partial charge in [-0.3, -0.25) is 0 Å². The summed E-state index contributed by atoms with van der Waals surface area (Å²) >= 11 is 0. The molecule has 1 saturated heterocycles. The topological polar surface area (TPSA) is 201 Å². The lowest BCUT2D eigenvalue weighted by atomic mass is 9.84. The van der Waals surface area contributed by atoms with Gasteiger partial charge in [0.1, 0.15) is 61.0 Å². The third-order valence-corrected chi connectivity index (χ3v) is 4.21. The standard InChI is InChI=1S/C12H22O11/c13-1-2-3(14)4(15)10(21)12(22-2)23-11-8(19)6(17)5(16)7(18)9(11)20/h2-21H,1H2/t2?,3-,4?,5-,6?,7+,8?,9?,10-,11-,12-/m0/s1. The van der Waals surface area contributed by atoms with Crippen LogP contribution in [0, 0.1) is 0 Å². The molecular weight excluding hydrogens is 320 g/mol. The maximum Gasteiger partial charge on any atom is 0.187 e. The van der Waals surface area contributed by atoms with E-state index < -0.39 is 73.9 Å². The predicted molar refractivity (Wildman–Crippen MR) is 68.7 cm³/mol. The molecule has 2 rings (SSSR count). The van der Waals surface area contributed by atoms with Crippen LogP contribution in [0.5, 0.6) is 0 Å². The second-order valence-corrected chi connectivity index (χ2v) is 5.75. The summed E-state index contributed by atoms with van der Waals surface area (Å²) in [4.78, 5) is 0. The summed E-state index contributed by atoms with van der Waals surface area (Å²) in [5.74, 6) is 0. The third kappa shape index (κ3) is 3.36. The summed E-state index contributed by atoms with van der Waals surface area (Å²) in [5, 5.41) is 86.6. The molecule has 0 amide bonds. The molecule has 11 nitrogen and oxygen atoms in total. The van der Waals surface area contributed by atoms with Gasteiger partial charge in [0, 0.05) is 0 Å². The summed E-state index contributed by atoms with van der Waals surface area (Å²) in [6.07, 6.45) is -18.9. The molecule has 1 aliphatic carbocycles. The maximum absolute atomic E-state index is 9.85. The van der Waals surface area contributed by atoms with Gasteiger partial charge in [0.2, 0.25) is 0 Å². The van der Waals surface area contributed by atoms with Gasteiger partial charge in [0.05, 0.1) is 6.61 Å². The average molecular weight is 342 g/mol. The minimum absolute atomic E-state index is 0.704. The summed E-state index contributed by atoms with van der Waals surface area (Å²) in [6.45, 7) is -0.704. The Hall–Kier alpha value is -0.440. The highest BCUT2D eigenvalue weighted by Gasteiger charge is 2.52. The third-order valence-electron chi connectivity index (χ3n) is 4.21. The van der Waals surface area contributed by atoms with E-state index in [0.29, 0.717) is 0 Å². The van der Waals surface area contributed by atoms with E-state index in [1.807, 2.05) is 0 Å². The number of hydrogen-bond acceptors (Lipinski definition) is 11. The highest BCUT2D eigenvalue weighted by molar-refractivity contribution is 5.00. The van der Waals surface area contributed by atoms with E-state index >= 15 is 0 Å². The normalized spacial score (nSPS) is 54.9. The Kier molecular flexibility index (Phi) is 5.92. The van der Waals surface area contributed by atoms with Crippen LogP contribution in [0.2, 0.25) is 0 Å². The molecule has 0 bridgehead atoms. The number of rotatable bonds is 3. The van der Waals surface area contributed by atoms with Crippen molar-refractivity contribution in [2.45, 2.75) is 67.3 Å². The van der Waals surface area contributed by atoms with Gasteiger partial charge >= 0.3 is 0 Å². The number of hydrogen-bond donors (Lipinski definition) is 9. The molecule has 11 atom stereocenters. The van der Waals surface area contributed by atoms with E-state index in [4.69, 9.17) is 14.6 Å². The van der Waals surface area contributed by atoms with Gasteiger partial charge in [0.25, 0.3) is 0 Å². The van der Waals surface area contributed by atoms with Crippen LogP contribution in [0.4, 0.5) is 0 Å². The monoisotopic (exact) mass is 342 g/mol. The van der Waals surface area contributed by atoms with Gasteiger partial charge in [-0.15, -0.1) is 0 Å². The van der Waals surface area contributed by atoms with E-state index in [9.17, 15) is 40.9 Å². The first-order valence-corrected chi connectivity index (χ1v) is 7.07. The van der Waals surface area contributed by atoms with E-state index in [-0.39, 0.29) is 0 Å². The summed E-state index contributed by atoms with van der Waals surface area (Å²) in [6, 6.07) is 0. The molecule has 1 aliphatic heterocycles. The minimum atomic E-state index is -1.83. The Balaban J connectivity index is 2.13. The minimum Gasteiger partial charge on any atom is -0.394 e. The molecule has 0 aromatic carbocycles. The Morgan fingerprint density at radius 2 is 1.04 bits per heavy atom. The van der Waals surface area contributed by atoms with Crippen molar-refractivity contribution in [3.8, 4) is 0 Å². The fourth-order valence-electron chi connectivity index (χ4n) is 2.69. The molecule has 136 valence electrons. The molecule has 1 heterocycles. The zero-order valence-electron chi connectivity index (χ0n) is 11.9. The van der Waals surface area contributed by atoms with Crippen LogP contribution >= 0.6 is 0 Å². The van der Waals surface area contributed by atoms with Crippen LogP contribution in [-0.2, 0) is 9.47 Å². The fourth-order valence-corrected chi connectivity index (χ4v) is 2.69. The summed E-state index contributed by atoms with van der Waals surface area (Å²) in [7, 11) is 0. The average Bonchev–Trinajstić information content (AvgIpc) is 2.54. The van der Waals surface area contributed by atoms with Crippen LogP contribution in [0.3, 0.4) is 0 Å². The Labute approximate surface area is 130 Å². The van der Waals surface area contributed by atoms with Crippen molar-refractivity contribution in [1.82, 2.24) is 0 Å². The SMILES string of the molecule is OCC1O[C@@H](O[C@H]2C(O)C(O)[C@H](O)[C@@H](O)C2O)[C@@H](O)C(O)[C@H]1O. The molecule has 2 fully saturated rings. The van der Waals surface area contributed by atoms with Gasteiger partial charge in [-0.1, -0.05) is 0 Å². The molecule has 11 heteroatoms. The van der Waals surface area contributed by atoms with Crippen LogP contribution < -0.4 is 0 Å². The molecule has 9 N–H and O–H groups in total. The maximum atomic E-state index is 9.85. The second kappa shape index (κ2) is 7.21. The highest BCUT2D eigenvalue weighted by Crippen LogP contribution is 2.29. The van der Waals surface area contributed by atoms with Crippen molar-refractivity contribution in [3.63, 3.8) is 0 Å². The van der Waals surface area contributed by atoms with Crippen LogP contribution in [-0.4, -0.2) is 120 Å². The van der Waals surface area contributed by atoms with E-state index in [1.54, 1.807) is 0 Å². The van der Waals surface area contributed by atoms with Crippen molar-refractivity contribution in [3.05, 3.63) is 0 Å². The number of ether oxygens (including phenoxy) is 2. The Morgan fingerprint density at radius 1 is 0.609 bits per heavy atom. The van der Waals surface area contributed by atoms with Crippen LogP contribution in [0.25, 0.3) is 0 Å². The van der Waals surface area contributed by atoms with Crippen molar-refractivity contribution in [2.75, 3.05) is 6.61 Å². The van der Waals surface area contributed by atoms with Crippen molar-refractivity contribution < 1.29 is 55.4 Å². The Bertz CT molecular complexity index is 377. The Morgan fingerprint density at radius 3 is 1.52 bits per heavy atom. The van der Waals surface area contributed by atoms with Gasteiger partial charge in [0.15, 0.2) is 6.29 Å². The van der Waals surface area contributed by atoms with E-state index in [0.717, 1.165) is 0 Å². The molecule has 0 spiro atoms. The molecule has 0 aromatic heterocycles. The number of aliphatic hydroxyl groups is 9. The highest BCUT2D eigenvalue weighted by atomic mass is 16.7. The zero-order valence-corrected chi connectivity index (χ0v) is 11.9. The van der Waals surface area contributed by atoms with Crippen molar-refractivity contribution in [1.29, 1.82) is 0 Å². The first kappa shape index (κ1) is 18.9. The number of aliphatic hydroxyl groups excluding tert-OH is 9. The molecule has 5 unspecified atom stereocenters. The lowest BCUT2D eigenvalue weighted by Crippen LogP contribution is -2.67.